The fourth-order valence-electron chi connectivity index (χ4n) is 4.63. The molecule has 5 rings (SSSR count). The molecule has 48 heavy (non-hydrogen) atoms. The molecule has 0 aliphatic heterocycles. The van der Waals surface area contributed by atoms with Crippen LogP contribution in [0.3, 0.4) is 0 Å². The van der Waals surface area contributed by atoms with Crippen molar-refractivity contribution in [1.29, 1.82) is 0 Å². The Bertz CT molecular complexity index is 1920. The maximum atomic E-state index is 13.5. The van der Waals surface area contributed by atoms with Gasteiger partial charge in [0.25, 0.3) is 11.8 Å². The van der Waals surface area contributed by atoms with Gasteiger partial charge >= 0.3 is 0 Å². The number of halogens is 2. The van der Waals surface area contributed by atoms with Gasteiger partial charge in [0.05, 0.1) is 15.7 Å². The Balaban J connectivity index is 1.34. The lowest BCUT2D eigenvalue weighted by Crippen LogP contribution is -2.30. The molecular formula is C38H32Cl2N4O3S. The van der Waals surface area contributed by atoms with Crippen LogP contribution in [0, 0.1) is 0 Å². The van der Waals surface area contributed by atoms with Gasteiger partial charge in [-0.1, -0.05) is 89.9 Å². The van der Waals surface area contributed by atoms with Gasteiger partial charge in [-0.2, -0.15) is 0 Å². The Morgan fingerprint density at radius 3 is 2.02 bits per heavy atom. The van der Waals surface area contributed by atoms with Crippen molar-refractivity contribution >= 4 is 75.8 Å². The molecule has 0 aromatic heterocycles. The maximum absolute atomic E-state index is 13.5. The van der Waals surface area contributed by atoms with Crippen LogP contribution in [0.2, 0.25) is 10.0 Å². The fourth-order valence-corrected chi connectivity index (χ4v) is 6.00. The molecule has 1 unspecified atom stereocenters. The van der Waals surface area contributed by atoms with E-state index in [2.05, 4.69) is 16.0 Å². The van der Waals surface area contributed by atoms with E-state index >= 15 is 0 Å². The molecule has 0 bridgehead atoms. The first kappa shape index (κ1) is 34.3. The molecule has 3 N–H and O–H groups in total. The lowest BCUT2D eigenvalue weighted by molar-refractivity contribution is -0.116. The van der Waals surface area contributed by atoms with Crippen LogP contribution in [0.25, 0.3) is 6.08 Å². The standard InChI is InChI=1S/C38H32Cl2N4O3S/c1-44(2)29-20-16-25(17-21-29)24-33(43-36(45)27-12-7-4-8-13-27)37(46)41-28-18-22-30(23-19-28)48-35(26-10-5-3-6-11-26)38(47)42-32-15-9-14-31(39)34(32)40/h3-24,35H,1-2H3,(H,41,46)(H,42,47)(H,43,45)/b33-24-. The van der Waals surface area contributed by atoms with Crippen LogP contribution < -0.4 is 20.9 Å². The smallest absolute Gasteiger partial charge is 0.272 e. The molecule has 1 atom stereocenters. The topological polar surface area (TPSA) is 90.5 Å². The largest absolute Gasteiger partial charge is 0.378 e. The molecule has 10 heteroatoms. The SMILES string of the molecule is CN(C)c1ccc(/C=C(\NC(=O)c2ccccc2)C(=O)Nc2ccc(SC(C(=O)Nc3cccc(Cl)c3Cl)c3ccccc3)cc2)cc1. The summed E-state index contributed by atoms with van der Waals surface area (Å²) in [4.78, 5) is 42.9. The van der Waals surface area contributed by atoms with E-state index in [-0.39, 0.29) is 16.6 Å². The average Bonchev–Trinajstić information content (AvgIpc) is 3.10. The van der Waals surface area contributed by atoms with E-state index in [1.807, 2.05) is 91.8 Å². The molecule has 0 fully saturated rings. The molecule has 0 saturated carbocycles. The first-order valence-electron chi connectivity index (χ1n) is 14.9. The second kappa shape index (κ2) is 16.2. The number of nitrogens with zero attached hydrogens (tertiary/aromatic N) is 1. The van der Waals surface area contributed by atoms with Crippen molar-refractivity contribution in [3.05, 3.63) is 160 Å². The van der Waals surface area contributed by atoms with Crippen molar-refractivity contribution in [3.63, 3.8) is 0 Å². The summed E-state index contributed by atoms with van der Waals surface area (Å²) >= 11 is 13.8. The first-order chi connectivity index (χ1) is 23.2. The van der Waals surface area contributed by atoms with Crippen LogP contribution in [0.15, 0.2) is 138 Å². The number of carbonyl (C=O) groups is 3. The van der Waals surface area contributed by atoms with Crippen LogP contribution >= 0.6 is 35.0 Å². The zero-order valence-electron chi connectivity index (χ0n) is 26.1. The molecule has 5 aromatic carbocycles. The van der Waals surface area contributed by atoms with Gasteiger partial charge < -0.3 is 20.9 Å². The summed E-state index contributed by atoms with van der Waals surface area (Å²) in [6.45, 7) is 0. The molecular weight excluding hydrogens is 663 g/mol. The van der Waals surface area contributed by atoms with E-state index in [0.717, 1.165) is 21.7 Å². The lowest BCUT2D eigenvalue weighted by atomic mass is 10.1. The summed E-state index contributed by atoms with van der Waals surface area (Å²) in [6.07, 6.45) is 1.63. The number of nitrogens with one attached hydrogen (secondary N) is 3. The Labute approximate surface area is 294 Å². The highest BCUT2D eigenvalue weighted by Crippen LogP contribution is 2.38. The molecule has 242 valence electrons. The average molecular weight is 696 g/mol. The van der Waals surface area contributed by atoms with E-state index in [1.54, 1.807) is 60.7 Å². The summed E-state index contributed by atoms with van der Waals surface area (Å²) in [7, 11) is 3.89. The third-order valence-corrected chi connectivity index (χ3v) is 9.25. The predicted octanol–water partition coefficient (Wildman–Crippen LogP) is 8.94. The molecule has 0 heterocycles. The summed E-state index contributed by atoms with van der Waals surface area (Å²) in [5, 5.41) is 8.55. The van der Waals surface area contributed by atoms with E-state index in [1.165, 1.54) is 11.8 Å². The van der Waals surface area contributed by atoms with Crippen LogP contribution in [-0.4, -0.2) is 31.8 Å². The molecule has 0 saturated heterocycles. The van der Waals surface area contributed by atoms with Crippen molar-refractivity contribution in [1.82, 2.24) is 5.32 Å². The van der Waals surface area contributed by atoms with Crippen molar-refractivity contribution < 1.29 is 14.4 Å². The van der Waals surface area contributed by atoms with Crippen molar-refractivity contribution in [2.75, 3.05) is 29.6 Å². The number of benzene rings is 5. The number of thioether (sulfide) groups is 1. The Hall–Kier alpha value is -5.02. The van der Waals surface area contributed by atoms with Crippen LogP contribution in [0.4, 0.5) is 17.1 Å². The van der Waals surface area contributed by atoms with Gasteiger partial charge in [-0.15, -0.1) is 11.8 Å². The van der Waals surface area contributed by atoms with Gasteiger partial charge in [-0.25, -0.2) is 0 Å². The highest BCUT2D eigenvalue weighted by molar-refractivity contribution is 8.00. The number of hydrogen-bond acceptors (Lipinski definition) is 5. The number of rotatable bonds is 11. The van der Waals surface area contributed by atoms with Gasteiger partial charge in [0.15, 0.2) is 0 Å². The molecule has 0 spiro atoms. The zero-order chi connectivity index (χ0) is 34.0. The minimum Gasteiger partial charge on any atom is -0.378 e. The van der Waals surface area contributed by atoms with Crippen molar-refractivity contribution in [2.45, 2.75) is 10.1 Å². The fraction of sp³-hybridized carbons (Fsp3) is 0.0789. The molecule has 0 radical (unpaired) electrons. The second-order valence-electron chi connectivity index (χ2n) is 10.8. The van der Waals surface area contributed by atoms with E-state index in [4.69, 9.17) is 23.2 Å². The minimum atomic E-state index is -0.608. The Morgan fingerprint density at radius 2 is 1.38 bits per heavy atom. The van der Waals surface area contributed by atoms with E-state index in [9.17, 15) is 14.4 Å². The molecule has 0 aliphatic carbocycles. The Morgan fingerprint density at radius 1 is 0.729 bits per heavy atom. The van der Waals surface area contributed by atoms with E-state index in [0.29, 0.717) is 22.0 Å². The molecule has 7 nitrogen and oxygen atoms in total. The number of hydrogen-bond donors (Lipinski definition) is 3. The predicted molar refractivity (Wildman–Crippen MR) is 198 cm³/mol. The lowest BCUT2D eigenvalue weighted by Gasteiger charge is -2.18. The third-order valence-electron chi connectivity index (χ3n) is 7.17. The Kier molecular flexibility index (Phi) is 11.6. The van der Waals surface area contributed by atoms with Crippen LogP contribution in [-0.2, 0) is 9.59 Å². The third kappa shape index (κ3) is 9.07. The summed E-state index contributed by atoms with van der Waals surface area (Å²) < 4.78 is 0. The van der Waals surface area contributed by atoms with Gasteiger partial charge in [0.2, 0.25) is 5.91 Å². The number of carbonyl (C=O) groups excluding carboxylic acids is 3. The van der Waals surface area contributed by atoms with Crippen molar-refractivity contribution in [2.24, 2.45) is 0 Å². The number of anilines is 3. The van der Waals surface area contributed by atoms with Crippen LogP contribution in [0.1, 0.15) is 26.7 Å². The highest BCUT2D eigenvalue weighted by atomic mass is 35.5. The molecule has 0 aliphatic rings. The first-order valence-corrected chi connectivity index (χ1v) is 16.5. The summed E-state index contributed by atoms with van der Waals surface area (Å²) in [6, 6.07) is 37.9. The second-order valence-corrected chi connectivity index (χ2v) is 12.8. The van der Waals surface area contributed by atoms with Gasteiger partial charge in [0, 0.05) is 35.9 Å². The number of amides is 3. The summed E-state index contributed by atoms with van der Waals surface area (Å²) in [5.41, 5.74) is 4.00. The molecule has 5 aromatic rings. The quantitative estimate of drug-likeness (QED) is 0.0949. The molecule has 3 amide bonds. The van der Waals surface area contributed by atoms with Gasteiger partial charge in [-0.05, 0) is 77.9 Å². The normalized spacial score (nSPS) is 11.7. The minimum absolute atomic E-state index is 0.0837. The zero-order valence-corrected chi connectivity index (χ0v) is 28.4. The van der Waals surface area contributed by atoms with Crippen molar-refractivity contribution in [3.8, 4) is 0 Å². The van der Waals surface area contributed by atoms with Crippen LogP contribution in [0.5, 0.6) is 0 Å². The van der Waals surface area contributed by atoms with Gasteiger partial charge in [-0.3, -0.25) is 14.4 Å². The monoisotopic (exact) mass is 694 g/mol. The summed E-state index contributed by atoms with van der Waals surface area (Å²) in [5.74, 6) is -1.16. The maximum Gasteiger partial charge on any atom is 0.272 e. The highest BCUT2D eigenvalue weighted by Gasteiger charge is 2.23. The van der Waals surface area contributed by atoms with E-state index < -0.39 is 17.1 Å². The van der Waals surface area contributed by atoms with Gasteiger partial charge in [0.1, 0.15) is 10.9 Å².